The van der Waals surface area contributed by atoms with E-state index < -0.39 is 4.92 Å². The molecule has 0 spiro atoms. The number of amides is 1. The minimum atomic E-state index is -0.485. The van der Waals surface area contributed by atoms with Gasteiger partial charge in [0.25, 0.3) is 11.6 Å². The first-order valence-electron chi connectivity index (χ1n) is 7.58. The van der Waals surface area contributed by atoms with Crippen molar-refractivity contribution in [2.24, 2.45) is 0 Å². The molecule has 3 aromatic rings. The number of aryl methyl sites for hydroxylation is 4. The van der Waals surface area contributed by atoms with E-state index in [2.05, 4.69) is 15.3 Å². The first-order valence-corrected chi connectivity index (χ1v) is 8.40. The Hall–Kier alpha value is -2.87. The van der Waals surface area contributed by atoms with Crippen molar-refractivity contribution < 1.29 is 9.72 Å². The molecule has 0 atom stereocenters. The lowest BCUT2D eigenvalue weighted by atomic mass is 10.1. The van der Waals surface area contributed by atoms with Gasteiger partial charge in [0.1, 0.15) is 10.7 Å². The van der Waals surface area contributed by atoms with Crippen LogP contribution in [0.1, 0.15) is 32.3 Å². The van der Waals surface area contributed by atoms with Crippen LogP contribution in [0.2, 0.25) is 0 Å². The molecule has 1 N–H and O–H groups in total. The summed E-state index contributed by atoms with van der Waals surface area (Å²) < 4.78 is 0. The molecule has 0 saturated heterocycles. The lowest BCUT2D eigenvalue weighted by molar-refractivity contribution is -0.384. The second-order valence-electron chi connectivity index (χ2n) is 5.80. The highest BCUT2D eigenvalue weighted by Gasteiger charge is 2.20. The Morgan fingerprint density at radius 2 is 1.92 bits per heavy atom. The predicted octanol–water partition coefficient (Wildman–Crippen LogP) is 4.09. The summed E-state index contributed by atoms with van der Waals surface area (Å²) in [5.74, 6) is 0.355. The van der Waals surface area contributed by atoms with E-state index in [1.54, 1.807) is 13.0 Å². The number of rotatable bonds is 3. The Balaban J connectivity index is 2.01. The van der Waals surface area contributed by atoms with E-state index in [-0.39, 0.29) is 11.6 Å². The summed E-state index contributed by atoms with van der Waals surface area (Å²) in [6.45, 7) is 7.35. The van der Waals surface area contributed by atoms with Gasteiger partial charge in [-0.3, -0.25) is 14.9 Å². The number of nitrogens with one attached hydrogen (secondary N) is 1. The fourth-order valence-electron chi connectivity index (χ4n) is 2.73. The lowest BCUT2D eigenvalue weighted by Crippen LogP contribution is -2.12. The topological polar surface area (TPSA) is 98.0 Å². The van der Waals surface area contributed by atoms with E-state index in [4.69, 9.17) is 0 Å². The Kier molecular flexibility index (Phi) is 4.22. The molecule has 1 amide bonds. The van der Waals surface area contributed by atoms with Crippen molar-refractivity contribution >= 4 is 38.8 Å². The lowest BCUT2D eigenvalue weighted by Gasteiger charge is -2.07. The van der Waals surface area contributed by atoms with Gasteiger partial charge in [0.05, 0.1) is 15.5 Å². The molecule has 7 nitrogen and oxygen atoms in total. The Bertz CT molecular complexity index is 1030. The molecule has 8 heteroatoms. The largest absolute Gasteiger partial charge is 0.321 e. The number of thiophene rings is 1. The van der Waals surface area contributed by atoms with Crippen LogP contribution in [0.4, 0.5) is 11.4 Å². The summed E-state index contributed by atoms with van der Waals surface area (Å²) in [4.78, 5) is 33.2. The van der Waals surface area contributed by atoms with Gasteiger partial charge in [0.15, 0.2) is 0 Å². The molecule has 128 valence electrons. The van der Waals surface area contributed by atoms with Gasteiger partial charge in [-0.15, -0.1) is 11.3 Å². The molecular formula is C17H16N4O3S. The third-order valence-corrected chi connectivity index (χ3v) is 5.15. The Morgan fingerprint density at radius 1 is 1.20 bits per heavy atom. The van der Waals surface area contributed by atoms with Crippen LogP contribution in [0.3, 0.4) is 0 Å². The predicted molar refractivity (Wildman–Crippen MR) is 97.4 cm³/mol. The normalized spacial score (nSPS) is 10.9. The van der Waals surface area contributed by atoms with Crippen molar-refractivity contribution in [2.75, 3.05) is 5.32 Å². The summed E-state index contributed by atoms with van der Waals surface area (Å²) in [6.07, 6.45) is 0. The van der Waals surface area contributed by atoms with E-state index in [0.29, 0.717) is 16.4 Å². The van der Waals surface area contributed by atoms with E-state index in [1.807, 2.05) is 20.8 Å². The van der Waals surface area contributed by atoms with Gasteiger partial charge in [-0.25, -0.2) is 9.97 Å². The van der Waals surface area contributed by atoms with Crippen molar-refractivity contribution in [3.05, 3.63) is 55.8 Å². The molecule has 0 bridgehead atoms. The van der Waals surface area contributed by atoms with Gasteiger partial charge >= 0.3 is 0 Å². The molecule has 0 unspecified atom stereocenters. The van der Waals surface area contributed by atoms with Crippen LogP contribution in [-0.4, -0.2) is 20.8 Å². The van der Waals surface area contributed by atoms with Crippen molar-refractivity contribution in [3.63, 3.8) is 0 Å². The maximum Gasteiger partial charge on any atom is 0.271 e. The maximum atomic E-state index is 12.7. The summed E-state index contributed by atoms with van der Waals surface area (Å²) >= 11 is 1.30. The summed E-state index contributed by atoms with van der Waals surface area (Å²) in [5, 5.41) is 14.6. The zero-order chi connectivity index (χ0) is 18.3. The molecule has 2 aromatic heterocycles. The fourth-order valence-corrected chi connectivity index (χ4v) is 3.90. The van der Waals surface area contributed by atoms with Gasteiger partial charge in [0, 0.05) is 23.2 Å². The Labute approximate surface area is 147 Å². The SMILES string of the molecule is Cc1nc(C)c2c(C)c(C(=O)Nc3cc([N+](=O)[O-])ccc3C)sc2n1. The molecule has 3 rings (SSSR count). The van der Waals surface area contributed by atoms with Crippen LogP contribution < -0.4 is 5.32 Å². The van der Waals surface area contributed by atoms with Crippen LogP contribution in [0, 0.1) is 37.8 Å². The van der Waals surface area contributed by atoms with Crippen molar-refractivity contribution in [3.8, 4) is 0 Å². The number of carbonyl (C=O) groups excluding carboxylic acids is 1. The van der Waals surface area contributed by atoms with Crippen molar-refractivity contribution in [1.82, 2.24) is 9.97 Å². The smallest absolute Gasteiger partial charge is 0.271 e. The first kappa shape index (κ1) is 17.0. The summed E-state index contributed by atoms with van der Waals surface area (Å²) in [6, 6.07) is 4.40. The number of hydrogen-bond donors (Lipinski definition) is 1. The fraction of sp³-hybridized carbons (Fsp3) is 0.235. The molecule has 0 aliphatic rings. The number of fused-ring (bicyclic) bond motifs is 1. The first-order chi connectivity index (χ1) is 11.8. The maximum absolute atomic E-state index is 12.7. The molecule has 2 heterocycles. The van der Waals surface area contributed by atoms with Crippen LogP contribution >= 0.6 is 11.3 Å². The van der Waals surface area contributed by atoms with Gasteiger partial charge in [-0.2, -0.15) is 0 Å². The van der Waals surface area contributed by atoms with Gasteiger partial charge in [-0.1, -0.05) is 6.07 Å². The summed E-state index contributed by atoms with van der Waals surface area (Å²) in [7, 11) is 0. The van der Waals surface area contributed by atoms with Crippen LogP contribution in [0.25, 0.3) is 10.2 Å². The van der Waals surface area contributed by atoms with Crippen molar-refractivity contribution in [2.45, 2.75) is 27.7 Å². The number of nitro benzene ring substituents is 1. The average molecular weight is 356 g/mol. The zero-order valence-electron chi connectivity index (χ0n) is 14.2. The van der Waals surface area contributed by atoms with Gasteiger partial charge in [-0.05, 0) is 38.8 Å². The van der Waals surface area contributed by atoms with Crippen LogP contribution in [0.5, 0.6) is 0 Å². The van der Waals surface area contributed by atoms with E-state index in [1.165, 1.54) is 23.5 Å². The third kappa shape index (κ3) is 3.08. The van der Waals surface area contributed by atoms with E-state index >= 15 is 0 Å². The number of nitro groups is 1. The molecule has 0 aliphatic carbocycles. The zero-order valence-corrected chi connectivity index (χ0v) is 15.0. The highest BCUT2D eigenvalue weighted by Crippen LogP contribution is 2.32. The standard InChI is InChI=1S/C17H16N4O3S/c1-8-5-6-12(21(23)24)7-13(8)20-16(22)15-9(2)14-10(3)18-11(4)19-17(14)25-15/h5-7H,1-4H3,(H,20,22). The molecule has 25 heavy (non-hydrogen) atoms. The molecular weight excluding hydrogens is 340 g/mol. The molecule has 0 radical (unpaired) electrons. The van der Waals surface area contributed by atoms with E-state index in [9.17, 15) is 14.9 Å². The van der Waals surface area contributed by atoms with Crippen molar-refractivity contribution in [1.29, 1.82) is 0 Å². The molecule has 0 saturated carbocycles. The number of nitrogens with zero attached hydrogens (tertiary/aromatic N) is 3. The summed E-state index contributed by atoms with van der Waals surface area (Å²) in [5.41, 5.74) is 2.77. The number of aromatic nitrogens is 2. The highest BCUT2D eigenvalue weighted by molar-refractivity contribution is 7.20. The van der Waals surface area contributed by atoms with E-state index in [0.717, 1.165) is 27.0 Å². The Morgan fingerprint density at radius 3 is 2.60 bits per heavy atom. The number of hydrogen-bond acceptors (Lipinski definition) is 6. The monoisotopic (exact) mass is 356 g/mol. The van der Waals surface area contributed by atoms with Crippen LogP contribution in [-0.2, 0) is 0 Å². The number of carbonyl (C=O) groups is 1. The average Bonchev–Trinajstić information content (AvgIpc) is 2.86. The quantitative estimate of drug-likeness (QED) is 0.563. The minimum Gasteiger partial charge on any atom is -0.321 e. The number of anilines is 1. The third-order valence-electron chi connectivity index (χ3n) is 3.97. The second kappa shape index (κ2) is 6.21. The minimum absolute atomic E-state index is 0.0636. The molecule has 0 aliphatic heterocycles. The molecule has 0 fully saturated rings. The van der Waals surface area contributed by atoms with Gasteiger partial charge in [0.2, 0.25) is 0 Å². The number of benzene rings is 1. The highest BCUT2D eigenvalue weighted by atomic mass is 32.1. The molecule has 1 aromatic carbocycles. The second-order valence-corrected chi connectivity index (χ2v) is 6.80. The van der Waals surface area contributed by atoms with Gasteiger partial charge < -0.3 is 5.32 Å². The van der Waals surface area contributed by atoms with Crippen LogP contribution in [0.15, 0.2) is 18.2 Å². The number of non-ortho nitro benzene ring substituents is 1.